The normalized spacial score (nSPS) is 11.8. The topological polar surface area (TPSA) is 41.6 Å². The number of aromatic amines is 1. The van der Waals surface area contributed by atoms with E-state index in [9.17, 15) is 17.6 Å². The molecule has 1 aromatic carbocycles. The third kappa shape index (κ3) is 2.02. The molecule has 0 spiro atoms. The molecule has 1 heterocycles. The fourth-order valence-electron chi connectivity index (χ4n) is 1.15. The molecule has 0 atom stereocenters. The van der Waals surface area contributed by atoms with Crippen molar-refractivity contribution in [2.45, 2.75) is 6.18 Å². The van der Waals surface area contributed by atoms with Crippen LogP contribution >= 0.6 is 0 Å². The lowest BCUT2D eigenvalue weighted by atomic mass is 10.2. The molecule has 2 aromatic rings. The Balaban J connectivity index is 2.39. The zero-order valence-electron chi connectivity index (χ0n) is 7.72. The Bertz CT molecular complexity index is 503. The van der Waals surface area contributed by atoms with Crippen LogP contribution in [-0.4, -0.2) is 15.2 Å². The van der Waals surface area contributed by atoms with E-state index in [0.29, 0.717) is 0 Å². The van der Waals surface area contributed by atoms with Gasteiger partial charge >= 0.3 is 6.18 Å². The lowest BCUT2D eigenvalue weighted by molar-refractivity contribution is -0.144. The van der Waals surface area contributed by atoms with Crippen LogP contribution in [0.4, 0.5) is 17.6 Å². The van der Waals surface area contributed by atoms with Gasteiger partial charge in [-0.2, -0.15) is 18.3 Å². The standard InChI is InChI=1S/C9H5F4N3/c10-6-3-1-2-5(4-6)7-14-8(16-15-7)9(11,12)13/h1-4H,(H,14,15,16). The van der Waals surface area contributed by atoms with E-state index in [4.69, 9.17) is 0 Å². The van der Waals surface area contributed by atoms with Gasteiger partial charge in [0.1, 0.15) is 5.82 Å². The molecule has 0 aliphatic rings. The number of benzene rings is 1. The van der Waals surface area contributed by atoms with E-state index in [1.165, 1.54) is 18.2 Å². The van der Waals surface area contributed by atoms with Crippen molar-refractivity contribution in [2.24, 2.45) is 0 Å². The fraction of sp³-hybridized carbons (Fsp3) is 0.111. The third-order valence-electron chi connectivity index (χ3n) is 1.84. The van der Waals surface area contributed by atoms with Crippen LogP contribution in [0.15, 0.2) is 24.3 Å². The number of nitrogens with zero attached hydrogens (tertiary/aromatic N) is 2. The van der Waals surface area contributed by atoms with Crippen LogP contribution < -0.4 is 0 Å². The molecular weight excluding hydrogens is 226 g/mol. The average Bonchev–Trinajstić information content (AvgIpc) is 2.65. The van der Waals surface area contributed by atoms with Gasteiger partial charge < -0.3 is 0 Å². The van der Waals surface area contributed by atoms with E-state index in [-0.39, 0.29) is 11.4 Å². The van der Waals surface area contributed by atoms with E-state index >= 15 is 0 Å². The van der Waals surface area contributed by atoms with E-state index in [0.717, 1.165) is 6.07 Å². The quantitative estimate of drug-likeness (QED) is 0.766. The first-order valence-corrected chi connectivity index (χ1v) is 4.22. The second-order valence-corrected chi connectivity index (χ2v) is 3.02. The zero-order valence-corrected chi connectivity index (χ0v) is 7.72. The van der Waals surface area contributed by atoms with Crippen LogP contribution in [0.25, 0.3) is 11.4 Å². The van der Waals surface area contributed by atoms with Crippen molar-refractivity contribution < 1.29 is 17.6 Å². The Hall–Kier alpha value is -1.92. The minimum absolute atomic E-state index is 0.187. The molecule has 0 aliphatic heterocycles. The summed E-state index contributed by atoms with van der Waals surface area (Å²) >= 11 is 0. The molecule has 0 unspecified atom stereocenters. The van der Waals surface area contributed by atoms with Gasteiger partial charge in [0, 0.05) is 5.56 Å². The van der Waals surface area contributed by atoms with E-state index < -0.39 is 17.8 Å². The number of hydrogen-bond acceptors (Lipinski definition) is 2. The number of rotatable bonds is 1. The molecule has 16 heavy (non-hydrogen) atoms. The van der Waals surface area contributed by atoms with Gasteiger partial charge in [0.05, 0.1) is 0 Å². The average molecular weight is 231 g/mol. The first-order chi connectivity index (χ1) is 7.47. The van der Waals surface area contributed by atoms with Crippen molar-refractivity contribution in [3.8, 4) is 11.4 Å². The summed E-state index contributed by atoms with van der Waals surface area (Å²) in [4.78, 5) is 3.23. The molecule has 1 aromatic heterocycles. The van der Waals surface area contributed by atoms with Crippen LogP contribution in [0.2, 0.25) is 0 Å². The molecule has 0 radical (unpaired) electrons. The molecule has 0 amide bonds. The smallest absolute Gasteiger partial charge is 0.255 e. The Labute approximate surface area is 87.1 Å². The van der Waals surface area contributed by atoms with Crippen molar-refractivity contribution in [1.29, 1.82) is 0 Å². The SMILES string of the molecule is Fc1cccc(-c2n[nH]c(C(F)(F)F)n2)c1. The highest BCUT2D eigenvalue weighted by atomic mass is 19.4. The second kappa shape index (κ2) is 3.58. The van der Waals surface area contributed by atoms with Crippen molar-refractivity contribution in [1.82, 2.24) is 15.2 Å². The minimum atomic E-state index is -4.58. The molecule has 0 bridgehead atoms. The third-order valence-corrected chi connectivity index (χ3v) is 1.84. The Morgan fingerprint density at radius 1 is 1.19 bits per heavy atom. The number of aromatic nitrogens is 3. The first-order valence-electron chi connectivity index (χ1n) is 4.22. The Kier molecular flexibility index (Phi) is 2.37. The summed E-state index contributed by atoms with van der Waals surface area (Å²) in [7, 11) is 0. The summed E-state index contributed by atoms with van der Waals surface area (Å²) in [5, 5.41) is 5.13. The summed E-state index contributed by atoms with van der Waals surface area (Å²) in [6, 6.07) is 5.03. The highest BCUT2D eigenvalue weighted by Crippen LogP contribution is 2.27. The predicted molar refractivity (Wildman–Crippen MR) is 46.8 cm³/mol. The van der Waals surface area contributed by atoms with Gasteiger partial charge in [0.2, 0.25) is 5.82 Å². The molecule has 7 heteroatoms. The minimum Gasteiger partial charge on any atom is -0.255 e. The summed E-state index contributed by atoms with van der Waals surface area (Å²) < 4.78 is 49.4. The molecule has 0 saturated heterocycles. The highest BCUT2D eigenvalue weighted by molar-refractivity contribution is 5.54. The monoisotopic (exact) mass is 231 g/mol. The molecule has 0 aliphatic carbocycles. The Morgan fingerprint density at radius 2 is 1.94 bits per heavy atom. The Morgan fingerprint density at radius 3 is 2.50 bits per heavy atom. The maximum absolute atomic E-state index is 12.8. The molecule has 0 saturated carbocycles. The van der Waals surface area contributed by atoms with Gasteiger partial charge in [-0.15, -0.1) is 0 Å². The first kappa shape index (κ1) is 10.6. The molecule has 1 N–H and O–H groups in total. The molecule has 84 valence electrons. The summed E-state index contributed by atoms with van der Waals surface area (Å²) in [6.07, 6.45) is -4.58. The van der Waals surface area contributed by atoms with E-state index in [1.54, 1.807) is 5.10 Å². The van der Waals surface area contributed by atoms with Gasteiger partial charge in [-0.1, -0.05) is 12.1 Å². The van der Waals surface area contributed by atoms with Gasteiger partial charge in [0.25, 0.3) is 0 Å². The van der Waals surface area contributed by atoms with Gasteiger partial charge in [-0.3, -0.25) is 5.10 Å². The lowest BCUT2D eigenvalue weighted by Crippen LogP contribution is -2.07. The van der Waals surface area contributed by atoms with Crippen LogP contribution in [0, 0.1) is 5.82 Å². The van der Waals surface area contributed by atoms with Gasteiger partial charge in [-0.05, 0) is 12.1 Å². The summed E-state index contributed by atoms with van der Waals surface area (Å²) in [6.45, 7) is 0. The maximum Gasteiger partial charge on any atom is 0.451 e. The number of alkyl halides is 3. The van der Waals surface area contributed by atoms with Crippen LogP contribution in [0.5, 0.6) is 0 Å². The van der Waals surface area contributed by atoms with Crippen LogP contribution in [0.3, 0.4) is 0 Å². The predicted octanol–water partition coefficient (Wildman–Crippen LogP) is 2.63. The van der Waals surface area contributed by atoms with E-state index in [2.05, 4.69) is 10.1 Å². The number of halogens is 4. The molecular formula is C9H5F4N3. The number of hydrogen-bond donors (Lipinski definition) is 1. The van der Waals surface area contributed by atoms with Crippen LogP contribution in [-0.2, 0) is 6.18 Å². The summed E-state index contributed by atoms with van der Waals surface area (Å²) in [5.41, 5.74) is 0.187. The fourth-order valence-corrected chi connectivity index (χ4v) is 1.15. The largest absolute Gasteiger partial charge is 0.451 e. The van der Waals surface area contributed by atoms with Gasteiger partial charge in [0.15, 0.2) is 5.82 Å². The zero-order chi connectivity index (χ0) is 11.8. The van der Waals surface area contributed by atoms with Crippen molar-refractivity contribution in [3.63, 3.8) is 0 Å². The second-order valence-electron chi connectivity index (χ2n) is 3.02. The van der Waals surface area contributed by atoms with Gasteiger partial charge in [-0.25, -0.2) is 9.37 Å². The van der Waals surface area contributed by atoms with Crippen molar-refractivity contribution in [2.75, 3.05) is 0 Å². The number of H-pyrrole nitrogens is 1. The molecule has 2 rings (SSSR count). The molecule has 3 nitrogen and oxygen atoms in total. The summed E-state index contributed by atoms with van der Waals surface area (Å²) in [5.74, 6) is -1.95. The maximum atomic E-state index is 12.8. The van der Waals surface area contributed by atoms with Crippen molar-refractivity contribution in [3.05, 3.63) is 35.9 Å². The van der Waals surface area contributed by atoms with Crippen molar-refractivity contribution >= 4 is 0 Å². The lowest BCUT2D eigenvalue weighted by Gasteiger charge is -1.98. The molecule has 0 fully saturated rings. The van der Waals surface area contributed by atoms with E-state index in [1.807, 2.05) is 0 Å². The number of nitrogens with one attached hydrogen (secondary N) is 1. The van der Waals surface area contributed by atoms with Crippen LogP contribution in [0.1, 0.15) is 5.82 Å². The highest BCUT2D eigenvalue weighted by Gasteiger charge is 2.35.